The van der Waals surface area contributed by atoms with Crippen molar-refractivity contribution in [3.63, 3.8) is 0 Å². The van der Waals surface area contributed by atoms with Gasteiger partial charge in [-0.2, -0.15) is 0 Å². The number of carbonyl (C=O) groups excluding carboxylic acids is 1. The fraction of sp³-hybridized carbons (Fsp3) is 0.250. The van der Waals surface area contributed by atoms with E-state index < -0.39 is 0 Å². The molecule has 0 aliphatic heterocycles. The molecular weight excluding hydrogens is 270 g/mol. The van der Waals surface area contributed by atoms with Crippen LogP contribution in [0.5, 0.6) is 5.75 Å². The molecule has 0 aromatic heterocycles. The summed E-state index contributed by atoms with van der Waals surface area (Å²) >= 11 is 3.16. The van der Waals surface area contributed by atoms with Crippen LogP contribution in [-0.4, -0.2) is 19.1 Å². The van der Waals surface area contributed by atoms with E-state index in [0.717, 1.165) is 15.8 Å². The lowest BCUT2D eigenvalue weighted by atomic mass is 10.2. The zero-order valence-corrected chi connectivity index (χ0v) is 10.7. The van der Waals surface area contributed by atoms with Crippen molar-refractivity contribution in [2.24, 2.45) is 0 Å². The van der Waals surface area contributed by atoms with Gasteiger partial charge in [-0.25, -0.2) is 0 Å². The minimum absolute atomic E-state index is 0.0190. The van der Waals surface area contributed by atoms with Crippen molar-refractivity contribution in [3.8, 4) is 5.75 Å². The van der Waals surface area contributed by atoms with Gasteiger partial charge in [-0.05, 0) is 18.6 Å². The molecule has 0 spiro atoms. The topological polar surface area (TPSA) is 38.3 Å². The molecule has 0 atom stereocenters. The van der Waals surface area contributed by atoms with E-state index in [0.29, 0.717) is 6.54 Å². The van der Waals surface area contributed by atoms with Gasteiger partial charge in [-0.3, -0.25) is 4.79 Å². The number of ether oxygens (including phenoxy) is 1. The first-order valence-corrected chi connectivity index (χ1v) is 5.67. The van der Waals surface area contributed by atoms with Gasteiger partial charge in [0.05, 0.1) is 0 Å². The number of hydrogen-bond donors (Lipinski definition) is 1. The SMILES string of the molecule is C=C(Br)CNC(=O)COc1ccccc1C. The van der Waals surface area contributed by atoms with E-state index in [1.54, 1.807) is 0 Å². The minimum atomic E-state index is -0.163. The Labute approximate surface area is 104 Å². The van der Waals surface area contributed by atoms with E-state index in [4.69, 9.17) is 4.74 Å². The summed E-state index contributed by atoms with van der Waals surface area (Å²) in [4.78, 5) is 11.3. The molecule has 0 aliphatic rings. The smallest absolute Gasteiger partial charge is 0.258 e. The molecule has 3 nitrogen and oxygen atoms in total. The van der Waals surface area contributed by atoms with Gasteiger partial charge in [-0.15, -0.1) is 0 Å². The van der Waals surface area contributed by atoms with Crippen molar-refractivity contribution in [2.45, 2.75) is 6.92 Å². The largest absolute Gasteiger partial charge is 0.484 e. The molecule has 1 aromatic carbocycles. The highest BCUT2D eigenvalue weighted by atomic mass is 79.9. The Hall–Kier alpha value is -1.29. The van der Waals surface area contributed by atoms with Crippen LogP contribution in [0, 0.1) is 6.92 Å². The summed E-state index contributed by atoms with van der Waals surface area (Å²) in [5, 5.41) is 2.66. The lowest BCUT2D eigenvalue weighted by Crippen LogP contribution is -2.29. The van der Waals surface area contributed by atoms with Gasteiger partial charge in [-0.1, -0.05) is 40.7 Å². The Bertz CT molecular complexity index is 390. The molecule has 1 rings (SSSR count). The number of benzene rings is 1. The number of halogens is 1. The van der Waals surface area contributed by atoms with E-state index in [-0.39, 0.29) is 12.5 Å². The van der Waals surface area contributed by atoms with Gasteiger partial charge in [0.25, 0.3) is 5.91 Å². The summed E-state index contributed by atoms with van der Waals surface area (Å²) in [5.74, 6) is 0.569. The van der Waals surface area contributed by atoms with E-state index in [2.05, 4.69) is 27.8 Å². The zero-order chi connectivity index (χ0) is 12.0. The molecule has 1 aromatic rings. The molecule has 0 saturated heterocycles. The summed E-state index contributed by atoms with van der Waals surface area (Å²) in [6.07, 6.45) is 0. The first-order valence-electron chi connectivity index (χ1n) is 4.88. The van der Waals surface area contributed by atoms with Crippen molar-refractivity contribution < 1.29 is 9.53 Å². The van der Waals surface area contributed by atoms with Crippen molar-refractivity contribution in [1.29, 1.82) is 0 Å². The van der Waals surface area contributed by atoms with Crippen molar-refractivity contribution in [2.75, 3.05) is 13.2 Å². The molecule has 4 heteroatoms. The minimum Gasteiger partial charge on any atom is -0.484 e. The molecule has 0 fully saturated rings. The second kappa shape index (κ2) is 6.33. The fourth-order valence-electron chi connectivity index (χ4n) is 1.11. The van der Waals surface area contributed by atoms with Crippen molar-refractivity contribution >= 4 is 21.8 Å². The van der Waals surface area contributed by atoms with Crippen molar-refractivity contribution in [1.82, 2.24) is 5.32 Å². The summed E-state index contributed by atoms with van der Waals surface area (Å²) in [7, 11) is 0. The number of hydrogen-bond acceptors (Lipinski definition) is 2. The van der Waals surface area contributed by atoms with Crippen LogP contribution < -0.4 is 10.1 Å². The Morgan fingerprint density at radius 2 is 2.19 bits per heavy atom. The summed E-state index contributed by atoms with van der Waals surface area (Å²) in [6.45, 7) is 5.99. The number of carbonyl (C=O) groups is 1. The molecule has 0 heterocycles. The number of amides is 1. The van der Waals surface area contributed by atoms with Crippen LogP contribution in [0.1, 0.15) is 5.56 Å². The lowest BCUT2D eigenvalue weighted by Gasteiger charge is -2.08. The standard InChI is InChI=1S/C12H14BrNO2/c1-9-5-3-4-6-11(9)16-8-12(15)14-7-10(2)13/h3-6H,2,7-8H2,1H3,(H,14,15). The quantitative estimate of drug-likeness (QED) is 0.901. The molecule has 0 aliphatic carbocycles. The van der Waals surface area contributed by atoms with Gasteiger partial charge < -0.3 is 10.1 Å². The van der Waals surface area contributed by atoms with E-state index in [1.165, 1.54) is 0 Å². The van der Waals surface area contributed by atoms with Gasteiger partial charge in [0.1, 0.15) is 5.75 Å². The number of para-hydroxylation sites is 1. The Kier molecular flexibility index (Phi) is 5.05. The Morgan fingerprint density at radius 3 is 2.81 bits per heavy atom. The highest BCUT2D eigenvalue weighted by molar-refractivity contribution is 9.11. The molecular formula is C12H14BrNO2. The number of nitrogens with one attached hydrogen (secondary N) is 1. The highest BCUT2D eigenvalue weighted by Crippen LogP contribution is 2.15. The molecule has 1 amide bonds. The van der Waals surface area contributed by atoms with Crippen LogP contribution in [0.4, 0.5) is 0 Å². The zero-order valence-electron chi connectivity index (χ0n) is 9.13. The van der Waals surface area contributed by atoms with Crippen LogP contribution in [-0.2, 0) is 4.79 Å². The number of rotatable bonds is 5. The van der Waals surface area contributed by atoms with Crippen LogP contribution in [0.2, 0.25) is 0 Å². The first-order chi connectivity index (χ1) is 7.59. The maximum Gasteiger partial charge on any atom is 0.258 e. The molecule has 0 saturated carbocycles. The van der Waals surface area contributed by atoms with Crippen LogP contribution in [0.15, 0.2) is 35.3 Å². The average molecular weight is 284 g/mol. The van der Waals surface area contributed by atoms with Gasteiger partial charge in [0.2, 0.25) is 0 Å². The second-order valence-corrected chi connectivity index (χ2v) is 4.47. The molecule has 86 valence electrons. The lowest BCUT2D eigenvalue weighted by molar-refractivity contribution is -0.122. The molecule has 0 bridgehead atoms. The Balaban J connectivity index is 2.37. The van der Waals surface area contributed by atoms with Gasteiger partial charge in [0, 0.05) is 11.0 Å². The summed E-state index contributed by atoms with van der Waals surface area (Å²) < 4.78 is 6.11. The van der Waals surface area contributed by atoms with Crippen LogP contribution in [0.3, 0.4) is 0 Å². The fourth-order valence-corrected chi connectivity index (χ4v) is 1.25. The maximum atomic E-state index is 11.3. The van der Waals surface area contributed by atoms with Crippen LogP contribution in [0.25, 0.3) is 0 Å². The Morgan fingerprint density at radius 1 is 1.50 bits per heavy atom. The van der Waals surface area contributed by atoms with Crippen molar-refractivity contribution in [3.05, 3.63) is 40.9 Å². The average Bonchev–Trinajstić information content (AvgIpc) is 2.25. The maximum absolute atomic E-state index is 11.3. The third-order valence-electron chi connectivity index (χ3n) is 1.93. The van der Waals surface area contributed by atoms with Gasteiger partial charge >= 0.3 is 0 Å². The van der Waals surface area contributed by atoms with Gasteiger partial charge in [0.15, 0.2) is 6.61 Å². The molecule has 16 heavy (non-hydrogen) atoms. The molecule has 0 unspecified atom stereocenters. The highest BCUT2D eigenvalue weighted by Gasteiger charge is 2.03. The van der Waals surface area contributed by atoms with E-state index in [1.807, 2.05) is 31.2 Å². The summed E-state index contributed by atoms with van der Waals surface area (Å²) in [5.41, 5.74) is 1.01. The summed E-state index contributed by atoms with van der Waals surface area (Å²) in [6, 6.07) is 7.58. The molecule has 1 N–H and O–H groups in total. The van der Waals surface area contributed by atoms with Crippen LogP contribution >= 0.6 is 15.9 Å². The number of aryl methyl sites for hydroxylation is 1. The second-order valence-electron chi connectivity index (χ2n) is 3.35. The first kappa shape index (κ1) is 12.8. The molecule has 0 radical (unpaired) electrons. The predicted molar refractivity (Wildman–Crippen MR) is 67.8 cm³/mol. The normalized spacial score (nSPS) is 9.62. The third-order valence-corrected chi connectivity index (χ3v) is 2.21. The monoisotopic (exact) mass is 283 g/mol. The van der Waals surface area contributed by atoms with E-state index in [9.17, 15) is 4.79 Å². The third kappa shape index (κ3) is 4.49. The predicted octanol–water partition coefficient (Wildman–Crippen LogP) is 2.40. The van der Waals surface area contributed by atoms with E-state index >= 15 is 0 Å².